The molecule has 3 heterocycles. The second-order valence-corrected chi connectivity index (χ2v) is 6.87. The Morgan fingerprint density at radius 3 is 2.81 bits per heavy atom. The van der Waals surface area contributed by atoms with Gasteiger partial charge in [-0.2, -0.15) is 10.1 Å². The maximum atomic E-state index is 14.4. The molecule has 6 nitrogen and oxygen atoms in total. The average molecular weight is 368 g/mol. The number of thiophene rings is 1. The van der Waals surface area contributed by atoms with E-state index in [1.54, 1.807) is 36.6 Å². The number of hydrogen-bond donors (Lipinski definition) is 2. The largest absolute Gasteiger partial charge is 0.383 e. The van der Waals surface area contributed by atoms with Crippen molar-refractivity contribution in [2.75, 3.05) is 17.6 Å². The van der Waals surface area contributed by atoms with Gasteiger partial charge in [-0.15, -0.1) is 11.3 Å². The van der Waals surface area contributed by atoms with Gasteiger partial charge in [0.25, 0.3) is 0 Å². The highest BCUT2D eigenvalue weighted by molar-refractivity contribution is 7.09. The number of halogens is 1. The van der Waals surface area contributed by atoms with Gasteiger partial charge in [-0.25, -0.2) is 9.37 Å². The Morgan fingerprint density at radius 2 is 2.04 bits per heavy atom. The Labute approximate surface area is 153 Å². The first-order chi connectivity index (χ1) is 12.6. The molecule has 0 aliphatic carbocycles. The number of hydrogen-bond acceptors (Lipinski definition) is 6. The summed E-state index contributed by atoms with van der Waals surface area (Å²) in [4.78, 5) is 10.2. The molecule has 0 unspecified atom stereocenters. The van der Waals surface area contributed by atoms with Crippen LogP contribution < -0.4 is 11.1 Å². The molecule has 0 aliphatic rings. The van der Waals surface area contributed by atoms with Crippen LogP contribution in [0.4, 0.5) is 16.2 Å². The molecule has 0 amide bonds. The molecule has 0 fully saturated rings. The molecule has 0 saturated carbocycles. The molecule has 0 atom stereocenters. The van der Waals surface area contributed by atoms with Gasteiger partial charge in [0.05, 0.1) is 11.1 Å². The number of nitrogen functional groups attached to an aromatic ring is 1. The first-order valence-corrected chi connectivity index (χ1v) is 9.03. The van der Waals surface area contributed by atoms with Gasteiger partial charge in [-0.05, 0) is 30.0 Å². The maximum Gasteiger partial charge on any atom is 0.225 e. The topological polar surface area (TPSA) is 81.7 Å². The number of aryl methyl sites for hydroxylation is 1. The van der Waals surface area contributed by atoms with Gasteiger partial charge in [0.1, 0.15) is 11.6 Å². The highest BCUT2D eigenvalue weighted by Crippen LogP contribution is 2.32. The number of nitrogens with two attached hydrogens (primary N) is 1. The van der Waals surface area contributed by atoms with Gasteiger partial charge in [0, 0.05) is 24.0 Å². The van der Waals surface area contributed by atoms with Gasteiger partial charge in [-0.1, -0.05) is 18.2 Å². The van der Waals surface area contributed by atoms with E-state index < -0.39 is 0 Å². The molecule has 0 spiro atoms. The first kappa shape index (κ1) is 16.5. The van der Waals surface area contributed by atoms with Crippen LogP contribution in [0, 0.1) is 5.82 Å². The Morgan fingerprint density at radius 1 is 1.19 bits per heavy atom. The monoisotopic (exact) mass is 368 g/mol. The lowest BCUT2D eigenvalue weighted by Gasteiger charge is -2.09. The van der Waals surface area contributed by atoms with Crippen molar-refractivity contribution in [2.24, 2.45) is 7.05 Å². The van der Waals surface area contributed by atoms with Crippen LogP contribution in [0.1, 0.15) is 4.88 Å². The molecule has 4 aromatic rings. The van der Waals surface area contributed by atoms with Crippen LogP contribution in [-0.2, 0) is 13.5 Å². The molecule has 0 saturated heterocycles. The Balaban J connectivity index is 1.74. The van der Waals surface area contributed by atoms with Crippen LogP contribution >= 0.6 is 11.3 Å². The molecule has 3 aromatic heterocycles. The van der Waals surface area contributed by atoms with Gasteiger partial charge in [0.15, 0.2) is 5.65 Å². The average Bonchev–Trinajstić information content (AvgIpc) is 3.24. The van der Waals surface area contributed by atoms with E-state index in [0.29, 0.717) is 40.6 Å². The maximum absolute atomic E-state index is 14.4. The molecule has 1 aromatic carbocycles. The molecule has 8 heteroatoms. The Hall–Kier alpha value is -3.00. The van der Waals surface area contributed by atoms with Crippen LogP contribution in [0.5, 0.6) is 0 Å². The first-order valence-electron chi connectivity index (χ1n) is 8.15. The number of rotatable bonds is 5. The molecule has 0 bridgehead atoms. The highest BCUT2D eigenvalue weighted by Gasteiger charge is 2.19. The summed E-state index contributed by atoms with van der Waals surface area (Å²) in [5, 5.41) is 10.1. The summed E-state index contributed by atoms with van der Waals surface area (Å²) in [5.74, 6) is 0.453. The number of aromatic nitrogens is 4. The molecule has 0 aliphatic heterocycles. The minimum absolute atomic E-state index is 0.361. The number of nitrogens with zero attached hydrogens (tertiary/aromatic N) is 4. The lowest BCUT2D eigenvalue weighted by molar-refractivity contribution is 0.631. The quantitative estimate of drug-likeness (QED) is 0.564. The van der Waals surface area contributed by atoms with Crippen molar-refractivity contribution in [3.63, 3.8) is 0 Å². The number of fused-ring (bicyclic) bond motifs is 1. The Kier molecular flexibility index (Phi) is 4.26. The summed E-state index contributed by atoms with van der Waals surface area (Å²) in [6, 6.07) is 10.6. The third-order valence-corrected chi connectivity index (χ3v) is 5.04. The van der Waals surface area contributed by atoms with E-state index in [1.807, 2.05) is 11.4 Å². The van der Waals surface area contributed by atoms with Crippen LogP contribution in [0.3, 0.4) is 0 Å². The van der Waals surface area contributed by atoms with E-state index in [-0.39, 0.29) is 5.82 Å². The Bertz CT molecular complexity index is 1060. The van der Waals surface area contributed by atoms with Crippen LogP contribution in [0.2, 0.25) is 0 Å². The number of anilines is 2. The third kappa shape index (κ3) is 2.99. The van der Waals surface area contributed by atoms with E-state index in [0.717, 1.165) is 6.42 Å². The smallest absolute Gasteiger partial charge is 0.225 e. The van der Waals surface area contributed by atoms with E-state index in [4.69, 9.17) is 5.73 Å². The summed E-state index contributed by atoms with van der Waals surface area (Å²) >= 11 is 1.71. The van der Waals surface area contributed by atoms with Crippen molar-refractivity contribution in [1.29, 1.82) is 0 Å². The lowest BCUT2D eigenvalue weighted by Crippen LogP contribution is -2.08. The zero-order valence-corrected chi connectivity index (χ0v) is 14.9. The van der Waals surface area contributed by atoms with Crippen molar-refractivity contribution >= 4 is 34.1 Å². The van der Waals surface area contributed by atoms with Gasteiger partial charge < -0.3 is 11.1 Å². The molecule has 4 rings (SSSR count). The van der Waals surface area contributed by atoms with Gasteiger partial charge in [-0.3, -0.25) is 4.68 Å². The molecular formula is C18H17FN6S. The van der Waals surface area contributed by atoms with Crippen molar-refractivity contribution in [3.8, 4) is 11.3 Å². The summed E-state index contributed by atoms with van der Waals surface area (Å²) in [6.45, 7) is 0.672. The fourth-order valence-corrected chi connectivity index (χ4v) is 3.50. The van der Waals surface area contributed by atoms with Crippen molar-refractivity contribution in [1.82, 2.24) is 19.7 Å². The molecule has 0 radical (unpaired) electrons. The highest BCUT2D eigenvalue weighted by atomic mass is 32.1. The predicted molar refractivity (Wildman–Crippen MR) is 103 cm³/mol. The van der Waals surface area contributed by atoms with Crippen molar-refractivity contribution < 1.29 is 4.39 Å². The molecule has 26 heavy (non-hydrogen) atoms. The molecule has 132 valence electrons. The minimum atomic E-state index is -0.361. The number of benzene rings is 1. The van der Waals surface area contributed by atoms with E-state index in [1.165, 1.54) is 15.6 Å². The van der Waals surface area contributed by atoms with Crippen molar-refractivity contribution in [3.05, 3.63) is 52.5 Å². The zero-order valence-electron chi connectivity index (χ0n) is 14.1. The second kappa shape index (κ2) is 6.72. The summed E-state index contributed by atoms with van der Waals surface area (Å²) < 4.78 is 15.9. The van der Waals surface area contributed by atoms with E-state index >= 15 is 0 Å². The fourth-order valence-electron chi connectivity index (χ4n) is 2.79. The fraction of sp³-hybridized carbons (Fsp3) is 0.167. The van der Waals surface area contributed by atoms with Crippen LogP contribution in [0.15, 0.2) is 41.8 Å². The van der Waals surface area contributed by atoms with Gasteiger partial charge in [0.2, 0.25) is 5.95 Å². The van der Waals surface area contributed by atoms with Gasteiger partial charge >= 0.3 is 0 Å². The summed E-state index contributed by atoms with van der Waals surface area (Å²) in [7, 11) is 1.73. The van der Waals surface area contributed by atoms with Crippen LogP contribution in [-0.4, -0.2) is 26.3 Å². The standard InChI is InChI=1S/C18H17FN6S/c1-25-16(20)14-15(12-6-2-3-7-13(12)19)22-18(23-17(14)24-25)21-9-8-11-5-4-10-26-11/h2-7,10H,8-9,20H2,1H3,(H,21,23,24). The minimum Gasteiger partial charge on any atom is -0.383 e. The van der Waals surface area contributed by atoms with Crippen LogP contribution in [0.25, 0.3) is 22.3 Å². The third-order valence-electron chi connectivity index (χ3n) is 4.10. The summed E-state index contributed by atoms with van der Waals surface area (Å²) in [5.41, 5.74) is 7.38. The van der Waals surface area contributed by atoms with Crippen molar-refractivity contribution in [2.45, 2.75) is 6.42 Å². The zero-order chi connectivity index (χ0) is 18.1. The number of nitrogens with one attached hydrogen (secondary N) is 1. The van der Waals surface area contributed by atoms with E-state index in [9.17, 15) is 4.39 Å². The normalized spacial score (nSPS) is 11.2. The summed E-state index contributed by atoms with van der Waals surface area (Å²) in [6.07, 6.45) is 0.860. The molecular weight excluding hydrogens is 351 g/mol. The molecule has 3 N–H and O–H groups in total. The lowest BCUT2D eigenvalue weighted by atomic mass is 10.1. The SMILES string of the molecule is Cn1nc2nc(NCCc3cccs3)nc(-c3ccccc3F)c2c1N. The second-order valence-electron chi connectivity index (χ2n) is 5.84. The van der Waals surface area contributed by atoms with E-state index in [2.05, 4.69) is 26.4 Å². The predicted octanol–water partition coefficient (Wildman–Crippen LogP) is 3.47.